The third-order valence-corrected chi connectivity index (χ3v) is 4.41. The number of nitrogens with zero attached hydrogens (tertiary/aromatic N) is 1. The van der Waals surface area contributed by atoms with E-state index >= 15 is 0 Å². The van der Waals surface area contributed by atoms with Crippen molar-refractivity contribution >= 4 is 18.1 Å². The smallest absolute Gasteiger partial charge is 0.343 e. The van der Waals surface area contributed by atoms with Gasteiger partial charge in [0.1, 0.15) is 5.75 Å². The van der Waals surface area contributed by atoms with E-state index in [4.69, 9.17) is 18.9 Å². The maximum atomic E-state index is 12.4. The van der Waals surface area contributed by atoms with Gasteiger partial charge in [0, 0.05) is 5.56 Å². The first-order chi connectivity index (χ1) is 15.5. The number of esters is 1. The quantitative estimate of drug-likeness (QED) is 0.251. The zero-order valence-corrected chi connectivity index (χ0v) is 17.8. The van der Waals surface area contributed by atoms with E-state index in [1.165, 1.54) is 39.7 Å². The average Bonchev–Trinajstić information content (AvgIpc) is 2.84. The van der Waals surface area contributed by atoms with Crippen molar-refractivity contribution in [1.29, 1.82) is 0 Å². The highest BCUT2D eigenvalue weighted by atomic mass is 16.5. The van der Waals surface area contributed by atoms with Crippen LogP contribution in [-0.4, -0.2) is 39.4 Å². The standard InChI is InChI=1S/C24H22N2O6/c1-29-20-13-18(14-21(30-2)22(20)31-3)23(27)26-25-15-16-9-11-19(12-10-16)32-24(28)17-7-5-4-6-8-17/h4-15H,1-3H3,(H,26,27)/b25-15-. The molecule has 0 atom stereocenters. The van der Waals surface area contributed by atoms with Gasteiger partial charge in [-0.2, -0.15) is 5.10 Å². The van der Waals surface area contributed by atoms with Crippen molar-refractivity contribution in [2.75, 3.05) is 21.3 Å². The summed E-state index contributed by atoms with van der Waals surface area (Å²) in [5.41, 5.74) is 3.91. The Labute approximate surface area is 185 Å². The zero-order chi connectivity index (χ0) is 22.9. The van der Waals surface area contributed by atoms with Crippen LogP contribution in [0, 0.1) is 0 Å². The summed E-state index contributed by atoms with van der Waals surface area (Å²) in [4.78, 5) is 24.5. The minimum atomic E-state index is -0.450. The van der Waals surface area contributed by atoms with Crippen molar-refractivity contribution in [3.63, 3.8) is 0 Å². The highest BCUT2D eigenvalue weighted by molar-refractivity contribution is 5.96. The zero-order valence-electron chi connectivity index (χ0n) is 17.8. The molecule has 3 aromatic carbocycles. The Balaban J connectivity index is 1.62. The Morgan fingerprint density at radius 1 is 0.812 bits per heavy atom. The van der Waals surface area contributed by atoms with Gasteiger partial charge in [-0.25, -0.2) is 10.2 Å². The number of amides is 1. The molecule has 0 fully saturated rings. The number of carbonyl (C=O) groups excluding carboxylic acids is 2. The van der Waals surface area contributed by atoms with Crippen LogP contribution >= 0.6 is 0 Å². The molecule has 3 rings (SSSR count). The number of hydrogen-bond acceptors (Lipinski definition) is 7. The summed E-state index contributed by atoms with van der Waals surface area (Å²) in [6.07, 6.45) is 1.47. The van der Waals surface area contributed by atoms with E-state index in [1.54, 1.807) is 48.5 Å². The molecule has 8 heteroatoms. The molecule has 0 heterocycles. The van der Waals surface area contributed by atoms with Gasteiger partial charge in [0.25, 0.3) is 5.91 Å². The summed E-state index contributed by atoms with van der Waals surface area (Å²) in [7, 11) is 4.42. The molecular formula is C24H22N2O6. The van der Waals surface area contributed by atoms with Crippen LogP contribution < -0.4 is 24.4 Å². The van der Waals surface area contributed by atoms with Crippen LogP contribution in [0.4, 0.5) is 0 Å². The molecule has 1 amide bonds. The fourth-order valence-corrected chi connectivity index (χ4v) is 2.80. The molecule has 0 unspecified atom stereocenters. The van der Waals surface area contributed by atoms with E-state index in [0.717, 1.165) is 0 Å². The maximum absolute atomic E-state index is 12.4. The predicted octanol–water partition coefficient (Wildman–Crippen LogP) is 3.70. The number of hydrogen-bond donors (Lipinski definition) is 1. The summed E-state index contributed by atoms with van der Waals surface area (Å²) in [6.45, 7) is 0. The van der Waals surface area contributed by atoms with Crippen LogP contribution in [0.3, 0.4) is 0 Å². The van der Waals surface area contributed by atoms with Gasteiger partial charge in [0.05, 0.1) is 33.1 Å². The summed E-state index contributed by atoms with van der Waals surface area (Å²) in [6, 6.07) is 18.5. The first kappa shape index (κ1) is 22.4. The Bertz CT molecular complexity index is 1090. The Morgan fingerprint density at radius 3 is 2.00 bits per heavy atom. The second kappa shape index (κ2) is 10.6. The van der Waals surface area contributed by atoms with Crippen molar-refractivity contribution < 1.29 is 28.5 Å². The minimum absolute atomic E-state index is 0.292. The molecule has 164 valence electrons. The number of carbonyl (C=O) groups is 2. The molecule has 0 aromatic heterocycles. The Kier molecular flexibility index (Phi) is 7.42. The van der Waals surface area contributed by atoms with Gasteiger partial charge in [-0.15, -0.1) is 0 Å². The minimum Gasteiger partial charge on any atom is -0.493 e. The van der Waals surface area contributed by atoms with Gasteiger partial charge in [0.15, 0.2) is 11.5 Å². The topological polar surface area (TPSA) is 95.5 Å². The molecule has 0 aliphatic carbocycles. The van der Waals surface area contributed by atoms with Crippen LogP contribution in [0.15, 0.2) is 71.8 Å². The second-order valence-electron chi connectivity index (χ2n) is 6.44. The molecule has 3 aromatic rings. The van der Waals surface area contributed by atoms with E-state index in [1.807, 2.05) is 6.07 Å². The van der Waals surface area contributed by atoms with E-state index in [-0.39, 0.29) is 0 Å². The van der Waals surface area contributed by atoms with Crippen molar-refractivity contribution in [3.05, 3.63) is 83.4 Å². The lowest BCUT2D eigenvalue weighted by Crippen LogP contribution is -2.18. The first-order valence-electron chi connectivity index (χ1n) is 9.56. The summed E-state index contributed by atoms with van der Waals surface area (Å²) < 4.78 is 21.1. The molecule has 0 bridgehead atoms. The molecule has 32 heavy (non-hydrogen) atoms. The Hall–Kier alpha value is -4.33. The van der Waals surface area contributed by atoms with Crippen LogP contribution in [-0.2, 0) is 0 Å². The predicted molar refractivity (Wildman–Crippen MR) is 119 cm³/mol. The van der Waals surface area contributed by atoms with Gasteiger partial charge < -0.3 is 18.9 Å². The third kappa shape index (κ3) is 5.42. The SMILES string of the molecule is COc1cc(C(=O)N/N=C\c2ccc(OC(=O)c3ccccc3)cc2)cc(OC)c1OC. The molecule has 0 spiro atoms. The molecule has 0 radical (unpaired) electrons. The lowest BCUT2D eigenvalue weighted by Gasteiger charge is -2.13. The van der Waals surface area contributed by atoms with Gasteiger partial charge in [-0.1, -0.05) is 18.2 Å². The fraction of sp³-hybridized carbons (Fsp3) is 0.125. The summed E-state index contributed by atoms with van der Waals surface area (Å²) in [5.74, 6) is 0.627. The van der Waals surface area contributed by atoms with Crippen molar-refractivity contribution in [1.82, 2.24) is 5.43 Å². The molecule has 0 aliphatic rings. The number of ether oxygens (including phenoxy) is 4. The third-order valence-electron chi connectivity index (χ3n) is 4.41. The summed E-state index contributed by atoms with van der Waals surface area (Å²) >= 11 is 0. The number of rotatable bonds is 8. The summed E-state index contributed by atoms with van der Waals surface area (Å²) in [5, 5.41) is 3.96. The van der Waals surface area contributed by atoms with Crippen LogP contribution in [0.2, 0.25) is 0 Å². The highest BCUT2D eigenvalue weighted by Crippen LogP contribution is 2.38. The van der Waals surface area contributed by atoms with E-state index < -0.39 is 11.9 Å². The van der Waals surface area contributed by atoms with Crippen LogP contribution in [0.25, 0.3) is 0 Å². The molecule has 0 aliphatic heterocycles. The average molecular weight is 434 g/mol. The molecular weight excluding hydrogens is 412 g/mol. The Morgan fingerprint density at radius 2 is 1.44 bits per heavy atom. The largest absolute Gasteiger partial charge is 0.493 e. The molecule has 0 saturated heterocycles. The monoisotopic (exact) mass is 434 g/mol. The maximum Gasteiger partial charge on any atom is 0.343 e. The first-order valence-corrected chi connectivity index (χ1v) is 9.56. The van der Waals surface area contributed by atoms with E-state index in [0.29, 0.717) is 39.7 Å². The fourth-order valence-electron chi connectivity index (χ4n) is 2.80. The van der Waals surface area contributed by atoms with Gasteiger partial charge in [-0.3, -0.25) is 4.79 Å². The number of hydrazone groups is 1. The number of benzene rings is 3. The lowest BCUT2D eigenvalue weighted by molar-refractivity contribution is 0.0734. The van der Waals surface area contributed by atoms with E-state index in [2.05, 4.69) is 10.5 Å². The van der Waals surface area contributed by atoms with Crippen LogP contribution in [0.5, 0.6) is 23.0 Å². The van der Waals surface area contributed by atoms with Crippen molar-refractivity contribution in [3.8, 4) is 23.0 Å². The van der Waals surface area contributed by atoms with Gasteiger partial charge in [0.2, 0.25) is 5.75 Å². The van der Waals surface area contributed by atoms with E-state index in [9.17, 15) is 9.59 Å². The number of nitrogens with one attached hydrogen (secondary N) is 1. The molecule has 0 saturated carbocycles. The van der Waals surface area contributed by atoms with Crippen LogP contribution in [0.1, 0.15) is 26.3 Å². The highest BCUT2D eigenvalue weighted by Gasteiger charge is 2.16. The molecule has 1 N–H and O–H groups in total. The molecule has 8 nitrogen and oxygen atoms in total. The lowest BCUT2D eigenvalue weighted by atomic mass is 10.1. The second-order valence-corrected chi connectivity index (χ2v) is 6.44. The van der Waals surface area contributed by atoms with Crippen molar-refractivity contribution in [2.24, 2.45) is 5.10 Å². The van der Waals surface area contributed by atoms with Gasteiger partial charge >= 0.3 is 5.97 Å². The van der Waals surface area contributed by atoms with Gasteiger partial charge in [-0.05, 0) is 54.1 Å². The number of methoxy groups -OCH3 is 3. The normalized spacial score (nSPS) is 10.5. The van der Waals surface area contributed by atoms with Crippen molar-refractivity contribution in [2.45, 2.75) is 0 Å².